The van der Waals surface area contributed by atoms with Crippen molar-refractivity contribution in [2.24, 2.45) is 7.05 Å². The van der Waals surface area contributed by atoms with Crippen LogP contribution in [0.3, 0.4) is 0 Å². The molecule has 1 fully saturated rings. The third kappa shape index (κ3) is 3.12. The van der Waals surface area contributed by atoms with Crippen molar-refractivity contribution in [1.82, 2.24) is 19.7 Å². The fourth-order valence-corrected chi connectivity index (χ4v) is 3.86. The van der Waals surface area contributed by atoms with Gasteiger partial charge in [0.1, 0.15) is 5.75 Å². The maximum absolute atomic E-state index is 5.48. The SMILES string of the molecule is COc1ccccc1CN1CCC(c2nn(C)c3ncccc23)CC1. The van der Waals surface area contributed by atoms with Crippen molar-refractivity contribution in [2.75, 3.05) is 20.2 Å². The highest BCUT2D eigenvalue weighted by Crippen LogP contribution is 2.32. The fraction of sp³-hybridized carbons (Fsp3) is 0.400. The number of hydrogen-bond donors (Lipinski definition) is 0. The Morgan fingerprint density at radius 2 is 1.92 bits per heavy atom. The Kier molecular flexibility index (Phi) is 4.40. The second-order valence-corrected chi connectivity index (χ2v) is 6.75. The first-order valence-corrected chi connectivity index (χ1v) is 8.88. The van der Waals surface area contributed by atoms with Crippen LogP contribution in [0, 0.1) is 0 Å². The van der Waals surface area contributed by atoms with Crippen molar-refractivity contribution in [3.05, 3.63) is 53.9 Å². The molecule has 0 radical (unpaired) electrons. The van der Waals surface area contributed by atoms with Crippen LogP contribution in [0.2, 0.25) is 0 Å². The molecule has 0 bridgehead atoms. The van der Waals surface area contributed by atoms with E-state index in [1.807, 2.05) is 36.1 Å². The molecule has 130 valence electrons. The fourth-order valence-electron chi connectivity index (χ4n) is 3.86. The summed E-state index contributed by atoms with van der Waals surface area (Å²) in [6.07, 6.45) is 4.11. The zero-order valence-electron chi connectivity index (χ0n) is 14.9. The number of piperidine rings is 1. The van der Waals surface area contributed by atoms with Crippen molar-refractivity contribution in [3.8, 4) is 5.75 Å². The summed E-state index contributed by atoms with van der Waals surface area (Å²) in [6, 6.07) is 12.4. The Hall–Kier alpha value is -2.40. The van der Waals surface area contributed by atoms with Crippen molar-refractivity contribution in [3.63, 3.8) is 0 Å². The highest BCUT2D eigenvalue weighted by atomic mass is 16.5. The van der Waals surface area contributed by atoms with Gasteiger partial charge in [0.25, 0.3) is 0 Å². The number of nitrogens with zero attached hydrogens (tertiary/aromatic N) is 4. The van der Waals surface area contributed by atoms with Crippen molar-refractivity contribution in [1.29, 1.82) is 0 Å². The third-order valence-corrected chi connectivity index (χ3v) is 5.19. The lowest BCUT2D eigenvalue weighted by Crippen LogP contribution is -2.32. The van der Waals surface area contributed by atoms with Gasteiger partial charge in [0.15, 0.2) is 5.65 Å². The number of likely N-dealkylation sites (tertiary alicyclic amines) is 1. The van der Waals surface area contributed by atoms with Crippen molar-refractivity contribution in [2.45, 2.75) is 25.3 Å². The smallest absolute Gasteiger partial charge is 0.157 e. The molecule has 4 rings (SSSR count). The molecule has 3 aromatic rings. The number of aryl methyl sites for hydroxylation is 1. The zero-order chi connectivity index (χ0) is 17.2. The summed E-state index contributed by atoms with van der Waals surface area (Å²) in [4.78, 5) is 6.97. The van der Waals surface area contributed by atoms with Gasteiger partial charge in [-0.1, -0.05) is 18.2 Å². The summed E-state index contributed by atoms with van der Waals surface area (Å²) < 4.78 is 7.39. The minimum Gasteiger partial charge on any atom is -0.496 e. The first-order chi connectivity index (χ1) is 12.3. The number of fused-ring (bicyclic) bond motifs is 1. The van der Waals surface area contributed by atoms with Crippen LogP contribution in [-0.2, 0) is 13.6 Å². The number of methoxy groups -OCH3 is 1. The molecule has 0 saturated carbocycles. The molecule has 1 aromatic carbocycles. The van der Waals surface area contributed by atoms with Crippen molar-refractivity contribution < 1.29 is 4.74 Å². The van der Waals surface area contributed by atoms with E-state index in [9.17, 15) is 0 Å². The highest BCUT2D eigenvalue weighted by Gasteiger charge is 2.25. The largest absolute Gasteiger partial charge is 0.496 e. The molecule has 5 nitrogen and oxygen atoms in total. The zero-order valence-corrected chi connectivity index (χ0v) is 14.9. The molecular weight excluding hydrogens is 312 g/mol. The van der Waals surface area contributed by atoms with E-state index >= 15 is 0 Å². The molecule has 0 atom stereocenters. The third-order valence-electron chi connectivity index (χ3n) is 5.19. The van der Waals surface area contributed by atoms with E-state index in [0.29, 0.717) is 5.92 Å². The van der Waals surface area contributed by atoms with Crippen LogP contribution in [-0.4, -0.2) is 39.9 Å². The molecule has 1 saturated heterocycles. The topological polar surface area (TPSA) is 43.2 Å². The van der Waals surface area contributed by atoms with Gasteiger partial charge >= 0.3 is 0 Å². The molecule has 0 unspecified atom stereocenters. The van der Waals surface area contributed by atoms with Crippen LogP contribution in [0.15, 0.2) is 42.6 Å². The summed E-state index contributed by atoms with van der Waals surface area (Å²) >= 11 is 0. The van der Waals surface area contributed by atoms with E-state index in [4.69, 9.17) is 9.84 Å². The van der Waals surface area contributed by atoms with Gasteiger partial charge in [-0.2, -0.15) is 5.10 Å². The Morgan fingerprint density at radius 1 is 1.12 bits per heavy atom. The van der Waals surface area contributed by atoms with Crippen LogP contribution < -0.4 is 4.74 Å². The average molecular weight is 336 g/mol. The molecule has 0 spiro atoms. The average Bonchev–Trinajstić information content (AvgIpc) is 3.00. The first-order valence-electron chi connectivity index (χ1n) is 8.88. The summed E-state index contributed by atoms with van der Waals surface area (Å²) in [5, 5.41) is 5.97. The summed E-state index contributed by atoms with van der Waals surface area (Å²) in [6.45, 7) is 3.11. The molecular formula is C20H24N4O. The van der Waals surface area contributed by atoms with E-state index in [1.165, 1.54) is 16.6 Å². The molecule has 0 aliphatic carbocycles. The minimum atomic E-state index is 0.516. The molecule has 25 heavy (non-hydrogen) atoms. The van der Waals surface area contributed by atoms with Crippen LogP contribution in [0.25, 0.3) is 11.0 Å². The van der Waals surface area contributed by atoms with Crippen LogP contribution in [0.4, 0.5) is 0 Å². The molecule has 0 amide bonds. The quantitative estimate of drug-likeness (QED) is 0.733. The molecule has 3 heterocycles. The Labute approximate surface area is 148 Å². The number of benzene rings is 1. The van der Waals surface area contributed by atoms with Crippen LogP contribution in [0.1, 0.15) is 30.0 Å². The van der Waals surface area contributed by atoms with Gasteiger partial charge in [0.2, 0.25) is 0 Å². The summed E-state index contributed by atoms with van der Waals surface area (Å²) in [5.41, 5.74) is 3.45. The normalized spacial score (nSPS) is 16.4. The van der Waals surface area contributed by atoms with E-state index in [0.717, 1.165) is 43.9 Å². The van der Waals surface area contributed by atoms with Crippen molar-refractivity contribution >= 4 is 11.0 Å². The molecule has 0 N–H and O–H groups in total. The van der Waals surface area contributed by atoms with Crippen LogP contribution in [0.5, 0.6) is 5.75 Å². The number of para-hydroxylation sites is 1. The maximum atomic E-state index is 5.48. The van der Waals surface area contributed by atoms with Crippen LogP contribution >= 0.6 is 0 Å². The molecule has 5 heteroatoms. The van der Waals surface area contributed by atoms with Gasteiger partial charge in [0.05, 0.1) is 12.8 Å². The van der Waals surface area contributed by atoms with Gasteiger partial charge in [-0.3, -0.25) is 9.58 Å². The Balaban J connectivity index is 1.46. The number of pyridine rings is 1. The lowest BCUT2D eigenvalue weighted by atomic mass is 9.92. The predicted molar refractivity (Wildman–Crippen MR) is 98.8 cm³/mol. The summed E-state index contributed by atoms with van der Waals surface area (Å²) in [5.74, 6) is 1.49. The number of hydrogen-bond acceptors (Lipinski definition) is 4. The van der Waals surface area contributed by atoms with E-state index in [-0.39, 0.29) is 0 Å². The predicted octanol–water partition coefficient (Wildman–Crippen LogP) is 3.36. The lowest BCUT2D eigenvalue weighted by Gasteiger charge is -2.31. The first kappa shape index (κ1) is 16.1. The van der Waals surface area contributed by atoms with E-state index < -0.39 is 0 Å². The number of rotatable bonds is 4. The van der Waals surface area contributed by atoms with E-state index in [1.54, 1.807) is 7.11 Å². The second kappa shape index (κ2) is 6.84. The number of ether oxygens (including phenoxy) is 1. The van der Waals surface area contributed by atoms with Gasteiger partial charge < -0.3 is 4.74 Å². The standard InChI is InChI=1S/C20H24N4O/c1-23-20-17(7-5-11-21-20)19(22-23)15-9-12-24(13-10-15)14-16-6-3-4-8-18(16)25-2/h3-8,11,15H,9-10,12-14H2,1-2H3. The Bertz CT molecular complexity index is 865. The number of aromatic nitrogens is 3. The minimum absolute atomic E-state index is 0.516. The lowest BCUT2D eigenvalue weighted by molar-refractivity contribution is 0.201. The van der Waals surface area contributed by atoms with Gasteiger partial charge in [-0.15, -0.1) is 0 Å². The van der Waals surface area contributed by atoms with E-state index in [2.05, 4.69) is 28.1 Å². The maximum Gasteiger partial charge on any atom is 0.157 e. The highest BCUT2D eigenvalue weighted by molar-refractivity contribution is 5.78. The monoisotopic (exact) mass is 336 g/mol. The summed E-state index contributed by atoms with van der Waals surface area (Å²) in [7, 11) is 3.72. The van der Waals surface area contributed by atoms with Gasteiger partial charge in [-0.05, 0) is 44.1 Å². The molecule has 2 aromatic heterocycles. The Morgan fingerprint density at radius 3 is 2.72 bits per heavy atom. The molecule has 1 aliphatic heterocycles. The van der Waals surface area contributed by atoms with Gasteiger partial charge in [0, 0.05) is 36.7 Å². The van der Waals surface area contributed by atoms with Gasteiger partial charge in [-0.25, -0.2) is 4.98 Å². The second-order valence-electron chi connectivity index (χ2n) is 6.75. The molecule has 1 aliphatic rings.